The van der Waals surface area contributed by atoms with Crippen LogP contribution >= 0.6 is 11.6 Å². The van der Waals surface area contributed by atoms with Crippen LogP contribution in [-0.2, 0) is 4.79 Å². The van der Waals surface area contributed by atoms with Gasteiger partial charge in [-0.1, -0.05) is 29.9 Å². The van der Waals surface area contributed by atoms with Crippen molar-refractivity contribution in [1.29, 1.82) is 0 Å². The Labute approximate surface area is 102 Å². The van der Waals surface area contributed by atoms with Gasteiger partial charge in [0.05, 0.1) is 5.92 Å². The molecule has 0 fully saturated rings. The Balaban J connectivity index is 2.81. The van der Waals surface area contributed by atoms with Crippen molar-refractivity contribution in [2.75, 3.05) is 5.88 Å². The normalized spacial score (nSPS) is 17.4. The van der Waals surface area contributed by atoms with E-state index in [0.717, 1.165) is 24.8 Å². The fourth-order valence-electron chi connectivity index (χ4n) is 1.73. The Morgan fingerprint density at radius 3 is 2.94 bits per heavy atom. The molecular weight excluding hydrogens is 222 g/mol. The van der Waals surface area contributed by atoms with Crippen LogP contribution in [0.2, 0.25) is 0 Å². The number of carbonyl (C=O) groups excluding carboxylic acids is 1. The number of primary amides is 1. The number of allylic oxidation sites excluding steroid dienone is 5. The van der Waals surface area contributed by atoms with Gasteiger partial charge in [-0.3, -0.25) is 4.79 Å². The highest BCUT2D eigenvalue weighted by Gasteiger charge is 2.18. The molecule has 1 amide bonds. The predicted octanol–water partition coefficient (Wildman–Crippen LogP) is 2.94. The first kappa shape index (κ1) is 13.0. The molecule has 1 aliphatic carbocycles. The van der Waals surface area contributed by atoms with Crippen molar-refractivity contribution < 1.29 is 4.79 Å². The topological polar surface area (TPSA) is 43.1 Å². The van der Waals surface area contributed by atoms with Crippen LogP contribution in [0.3, 0.4) is 0 Å². The minimum absolute atomic E-state index is 0.211. The molecule has 1 atom stereocenters. The second-order valence-electron chi connectivity index (χ2n) is 4.07. The standard InChI is InChI=1S/C13H18ClNO/c1-10-4-2-5-11(8-7-10)12(13(15)16)6-3-9-14/h2,5,7-8,12H,3-4,6,9H2,1H3,(H2,15,16). The largest absolute Gasteiger partial charge is 0.369 e. The van der Waals surface area contributed by atoms with E-state index in [1.165, 1.54) is 5.57 Å². The summed E-state index contributed by atoms with van der Waals surface area (Å²) in [5.74, 6) is 0.0847. The maximum atomic E-state index is 11.4. The zero-order valence-corrected chi connectivity index (χ0v) is 10.3. The smallest absolute Gasteiger partial charge is 0.224 e. The van der Waals surface area contributed by atoms with E-state index in [4.69, 9.17) is 17.3 Å². The van der Waals surface area contributed by atoms with E-state index < -0.39 is 0 Å². The Morgan fingerprint density at radius 2 is 2.31 bits per heavy atom. The number of carbonyl (C=O) groups is 1. The first-order valence-electron chi connectivity index (χ1n) is 5.54. The van der Waals surface area contributed by atoms with Gasteiger partial charge in [0.25, 0.3) is 0 Å². The maximum Gasteiger partial charge on any atom is 0.224 e. The number of hydrogen-bond acceptors (Lipinski definition) is 1. The van der Waals surface area contributed by atoms with Crippen LogP contribution in [-0.4, -0.2) is 11.8 Å². The summed E-state index contributed by atoms with van der Waals surface area (Å²) in [4.78, 5) is 11.4. The predicted molar refractivity (Wildman–Crippen MR) is 68.2 cm³/mol. The van der Waals surface area contributed by atoms with Crippen molar-refractivity contribution in [3.63, 3.8) is 0 Å². The van der Waals surface area contributed by atoms with Crippen molar-refractivity contribution in [3.05, 3.63) is 35.5 Å². The highest BCUT2D eigenvalue weighted by atomic mass is 35.5. The lowest BCUT2D eigenvalue weighted by Gasteiger charge is -2.13. The number of nitrogens with two attached hydrogens (primary N) is 1. The third-order valence-electron chi connectivity index (χ3n) is 2.68. The summed E-state index contributed by atoms with van der Waals surface area (Å²) >= 11 is 5.64. The molecule has 0 radical (unpaired) electrons. The Bertz CT molecular complexity index is 342. The van der Waals surface area contributed by atoms with E-state index in [1.54, 1.807) is 0 Å². The lowest BCUT2D eigenvalue weighted by atomic mass is 9.93. The molecule has 0 saturated carbocycles. The molecule has 3 heteroatoms. The average molecular weight is 240 g/mol. The Kier molecular flexibility index (Phi) is 5.33. The lowest BCUT2D eigenvalue weighted by molar-refractivity contribution is -0.120. The van der Waals surface area contributed by atoms with E-state index in [9.17, 15) is 4.79 Å². The second kappa shape index (κ2) is 6.54. The Hall–Kier alpha value is -1.02. The van der Waals surface area contributed by atoms with E-state index in [0.29, 0.717) is 5.88 Å². The monoisotopic (exact) mass is 239 g/mol. The van der Waals surface area contributed by atoms with Crippen molar-refractivity contribution in [1.82, 2.24) is 0 Å². The molecule has 1 aliphatic rings. The molecule has 0 aromatic heterocycles. The number of rotatable bonds is 5. The van der Waals surface area contributed by atoms with Crippen molar-refractivity contribution in [2.24, 2.45) is 11.7 Å². The summed E-state index contributed by atoms with van der Waals surface area (Å²) in [5, 5.41) is 0. The molecule has 0 saturated heterocycles. The van der Waals surface area contributed by atoms with Crippen LogP contribution in [0.15, 0.2) is 35.5 Å². The molecule has 0 bridgehead atoms. The van der Waals surface area contributed by atoms with Gasteiger partial charge in [0.1, 0.15) is 0 Å². The molecular formula is C13H18ClNO. The first-order chi connectivity index (χ1) is 7.65. The van der Waals surface area contributed by atoms with Gasteiger partial charge in [0.2, 0.25) is 5.91 Å². The van der Waals surface area contributed by atoms with Gasteiger partial charge in [-0.2, -0.15) is 0 Å². The molecule has 0 heterocycles. The number of amides is 1. The van der Waals surface area contributed by atoms with Crippen LogP contribution in [0.25, 0.3) is 0 Å². The molecule has 0 aromatic carbocycles. The summed E-state index contributed by atoms with van der Waals surface area (Å²) in [6, 6.07) is 0. The number of halogens is 1. The van der Waals surface area contributed by atoms with Crippen LogP contribution in [0.1, 0.15) is 26.2 Å². The lowest BCUT2D eigenvalue weighted by Crippen LogP contribution is -2.24. The number of hydrogen-bond donors (Lipinski definition) is 1. The fraction of sp³-hybridized carbons (Fsp3) is 0.462. The van der Waals surface area contributed by atoms with Gasteiger partial charge in [-0.15, -0.1) is 11.6 Å². The van der Waals surface area contributed by atoms with Gasteiger partial charge < -0.3 is 5.73 Å². The number of alkyl halides is 1. The molecule has 2 N–H and O–H groups in total. The molecule has 0 aromatic rings. The first-order valence-corrected chi connectivity index (χ1v) is 6.07. The van der Waals surface area contributed by atoms with Crippen molar-refractivity contribution in [2.45, 2.75) is 26.2 Å². The zero-order valence-electron chi connectivity index (χ0n) is 9.58. The minimum atomic E-state index is -0.269. The van der Waals surface area contributed by atoms with E-state index >= 15 is 0 Å². The maximum absolute atomic E-state index is 11.4. The van der Waals surface area contributed by atoms with E-state index in [2.05, 4.69) is 13.0 Å². The summed E-state index contributed by atoms with van der Waals surface area (Å²) in [6.45, 7) is 2.07. The van der Waals surface area contributed by atoms with Crippen LogP contribution < -0.4 is 5.73 Å². The van der Waals surface area contributed by atoms with Crippen molar-refractivity contribution >= 4 is 17.5 Å². The molecule has 0 aliphatic heterocycles. The summed E-state index contributed by atoms with van der Waals surface area (Å²) in [7, 11) is 0. The van der Waals surface area contributed by atoms with Gasteiger partial charge >= 0.3 is 0 Å². The highest BCUT2D eigenvalue weighted by Crippen LogP contribution is 2.22. The zero-order chi connectivity index (χ0) is 12.0. The highest BCUT2D eigenvalue weighted by molar-refractivity contribution is 6.17. The molecule has 2 nitrogen and oxygen atoms in total. The van der Waals surface area contributed by atoms with Gasteiger partial charge in [-0.25, -0.2) is 0 Å². The van der Waals surface area contributed by atoms with Gasteiger partial charge in [0, 0.05) is 5.88 Å². The van der Waals surface area contributed by atoms with Crippen LogP contribution in [0.4, 0.5) is 0 Å². The van der Waals surface area contributed by atoms with Gasteiger partial charge in [-0.05, 0) is 31.8 Å². The second-order valence-corrected chi connectivity index (χ2v) is 4.45. The average Bonchev–Trinajstić information content (AvgIpc) is 2.44. The molecule has 1 rings (SSSR count). The third kappa shape index (κ3) is 3.86. The molecule has 88 valence electrons. The van der Waals surface area contributed by atoms with Crippen molar-refractivity contribution in [3.8, 4) is 0 Å². The van der Waals surface area contributed by atoms with Crippen LogP contribution in [0.5, 0.6) is 0 Å². The SMILES string of the molecule is CC1=CC=C(C(CCCCl)C(N)=O)C=CC1. The summed E-state index contributed by atoms with van der Waals surface area (Å²) in [5.41, 5.74) is 7.70. The van der Waals surface area contributed by atoms with E-state index in [1.807, 2.05) is 18.2 Å². The molecule has 16 heavy (non-hydrogen) atoms. The van der Waals surface area contributed by atoms with E-state index in [-0.39, 0.29) is 11.8 Å². The summed E-state index contributed by atoms with van der Waals surface area (Å²) < 4.78 is 0. The third-order valence-corrected chi connectivity index (χ3v) is 2.95. The fourth-order valence-corrected chi connectivity index (χ4v) is 1.88. The summed E-state index contributed by atoms with van der Waals surface area (Å²) in [6.07, 6.45) is 10.6. The minimum Gasteiger partial charge on any atom is -0.369 e. The molecule has 0 spiro atoms. The Morgan fingerprint density at radius 1 is 1.56 bits per heavy atom. The molecule has 1 unspecified atom stereocenters. The van der Waals surface area contributed by atoms with Crippen LogP contribution in [0, 0.1) is 5.92 Å². The quantitative estimate of drug-likeness (QED) is 0.737. The van der Waals surface area contributed by atoms with Gasteiger partial charge in [0.15, 0.2) is 0 Å².